The molecule has 1 aliphatic rings. The second-order valence-electron chi connectivity index (χ2n) is 5.31. The molecule has 2 aromatic carbocycles. The van der Waals surface area contributed by atoms with Crippen LogP contribution in [0.15, 0.2) is 40.9 Å². The van der Waals surface area contributed by atoms with Gasteiger partial charge in [0.05, 0.1) is 21.6 Å². The highest BCUT2D eigenvalue weighted by Crippen LogP contribution is 2.44. The summed E-state index contributed by atoms with van der Waals surface area (Å²) >= 11 is 9.74. The largest absolute Gasteiger partial charge is 0.507 e. The molecule has 0 atom stereocenters. The van der Waals surface area contributed by atoms with Crippen LogP contribution in [0.1, 0.15) is 18.9 Å². The van der Waals surface area contributed by atoms with Crippen molar-refractivity contribution in [2.24, 2.45) is 0 Å². The smallest absolute Gasteiger partial charge is 0.145 e. The highest BCUT2D eigenvalue weighted by atomic mass is 79.9. The number of benzene rings is 2. The van der Waals surface area contributed by atoms with Crippen molar-refractivity contribution in [2.45, 2.75) is 18.9 Å². The first-order valence-corrected chi connectivity index (χ1v) is 7.97. The van der Waals surface area contributed by atoms with Gasteiger partial charge in [0.1, 0.15) is 11.6 Å². The van der Waals surface area contributed by atoms with Crippen LogP contribution in [0.4, 0.5) is 0 Å². The molecule has 1 aliphatic carbocycles. The average Bonchev–Trinajstić information content (AvgIpc) is 3.20. The Morgan fingerprint density at radius 3 is 2.76 bits per heavy atom. The first kappa shape index (κ1) is 13.2. The standard InChI is InChI=1S/C16H12BrClN2O/c17-9-4-7-11(14(21)8-9)16-19-13-3-1-2-12(18)15(13)20(16)10-5-6-10/h1-4,7-8,10,21H,5-6H2. The van der Waals surface area contributed by atoms with E-state index >= 15 is 0 Å². The molecule has 1 saturated carbocycles. The van der Waals surface area contributed by atoms with E-state index in [-0.39, 0.29) is 5.75 Å². The molecule has 4 rings (SSSR count). The summed E-state index contributed by atoms with van der Waals surface area (Å²) < 4.78 is 3.01. The number of halogens is 2. The van der Waals surface area contributed by atoms with E-state index in [9.17, 15) is 5.11 Å². The molecule has 21 heavy (non-hydrogen) atoms. The van der Waals surface area contributed by atoms with Gasteiger partial charge in [-0.1, -0.05) is 33.6 Å². The fraction of sp³-hybridized carbons (Fsp3) is 0.188. The lowest BCUT2D eigenvalue weighted by Crippen LogP contribution is -1.98. The van der Waals surface area contributed by atoms with E-state index < -0.39 is 0 Å². The number of hydrogen-bond donors (Lipinski definition) is 1. The van der Waals surface area contributed by atoms with Gasteiger partial charge in [-0.2, -0.15) is 0 Å². The molecule has 1 heterocycles. The van der Waals surface area contributed by atoms with Gasteiger partial charge in [0.25, 0.3) is 0 Å². The number of hydrogen-bond acceptors (Lipinski definition) is 2. The summed E-state index contributed by atoms with van der Waals surface area (Å²) in [5, 5.41) is 11.0. The Kier molecular flexibility index (Phi) is 2.98. The minimum Gasteiger partial charge on any atom is -0.507 e. The van der Waals surface area contributed by atoms with Crippen LogP contribution in [0.25, 0.3) is 22.4 Å². The maximum Gasteiger partial charge on any atom is 0.145 e. The van der Waals surface area contributed by atoms with Crippen LogP contribution in [0.5, 0.6) is 5.75 Å². The fourth-order valence-corrected chi connectivity index (χ4v) is 3.29. The molecule has 0 amide bonds. The zero-order valence-corrected chi connectivity index (χ0v) is 13.4. The van der Waals surface area contributed by atoms with E-state index in [1.54, 1.807) is 6.07 Å². The Morgan fingerprint density at radius 1 is 1.24 bits per heavy atom. The lowest BCUT2D eigenvalue weighted by molar-refractivity contribution is 0.476. The van der Waals surface area contributed by atoms with Crippen molar-refractivity contribution in [2.75, 3.05) is 0 Å². The van der Waals surface area contributed by atoms with Crippen LogP contribution < -0.4 is 0 Å². The predicted octanol–water partition coefficient (Wildman–Crippen LogP) is 5.16. The second kappa shape index (κ2) is 4.75. The molecule has 0 unspecified atom stereocenters. The van der Waals surface area contributed by atoms with Gasteiger partial charge < -0.3 is 9.67 Å². The van der Waals surface area contributed by atoms with E-state index in [1.807, 2.05) is 30.3 Å². The van der Waals surface area contributed by atoms with Crippen molar-refractivity contribution in [3.63, 3.8) is 0 Å². The van der Waals surface area contributed by atoms with Gasteiger partial charge in [0, 0.05) is 10.5 Å². The summed E-state index contributed by atoms with van der Waals surface area (Å²) in [5.41, 5.74) is 2.56. The number of para-hydroxylation sites is 1. The number of aromatic nitrogens is 2. The third-order valence-corrected chi connectivity index (χ3v) is 4.57. The maximum absolute atomic E-state index is 10.2. The third kappa shape index (κ3) is 2.14. The quantitative estimate of drug-likeness (QED) is 0.683. The summed E-state index contributed by atoms with van der Waals surface area (Å²) in [6, 6.07) is 11.6. The number of phenolic OH excluding ortho intramolecular Hbond substituents is 1. The minimum atomic E-state index is 0.220. The van der Waals surface area contributed by atoms with Crippen LogP contribution in [0.2, 0.25) is 5.02 Å². The first-order chi connectivity index (χ1) is 10.1. The number of phenols is 1. The summed E-state index contributed by atoms with van der Waals surface area (Å²) in [7, 11) is 0. The summed E-state index contributed by atoms with van der Waals surface area (Å²) in [5.74, 6) is 1.00. The normalized spacial score (nSPS) is 14.8. The summed E-state index contributed by atoms with van der Waals surface area (Å²) in [6.07, 6.45) is 2.25. The zero-order valence-electron chi connectivity index (χ0n) is 11.1. The molecule has 0 radical (unpaired) electrons. The molecule has 1 fully saturated rings. The number of fused-ring (bicyclic) bond motifs is 1. The van der Waals surface area contributed by atoms with Crippen LogP contribution in [0.3, 0.4) is 0 Å². The topological polar surface area (TPSA) is 38.1 Å². The molecule has 3 aromatic rings. The van der Waals surface area contributed by atoms with Gasteiger partial charge in [0.15, 0.2) is 0 Å². The molecule has 1 N–H and O–H groups in total. The van der Waals surface area contributed by atoms with E-state index in [1.165, 1.54) is 0 Å². The molecule has 0 aliphatic heterocycles. The minimum absolute atomic E-state index is 0.220. The molecule has 1 aromatic heterocycles. The van der Waals surface area contributed by atoms with Gasteiger partial charge in [-0.3, -0.25) is 0 Å². The van der Waals surface area contributed by atoms with E-state index in [4.69, 9.17) is 16.6 Å². The Bertz CT molecular complexity index is 855. The van der Waals surface area contributed by atoms with Crippen molar-refractivity contribution in [1.82, 2.24) is 9.55 Å². The second-order valence-corrected chi connectivity index (χ2v) is 6.63. The Labute approximate surface area is 135 Å². The highest BCUT2D eigenvalue weighted by Gasteiger charge is 2.30. The molecular weight excluding hydrogens is 352 g/mol. The van der Waals surface area contributed by atoms with Crippen molar-refractivity contribution >= 4 is 38.6 Å². The van der Waals surface area contributed by atoms with Gasteiger partial charge in [-0.05, 0) is 43.2 Å². The molecule has 0 bridgehead atoms. The monoisotopic (exact) mass is 362 g/mol. The zero-order chi connectivity index (χ0) is 14.6. The van der Waals surface area contributed by atoms with Crippen LogP contribution in [-0.4, -0.2) is 14.7 Å². The van der Waals surface area contributed by atoms with Gasteiger partial charge in [-0.15, -0.1) is 0 Å². The van der Waals surface area contributed by atoms with Crippen LogP contribution >= 0.6 is 27.5 Å². The van der Waals surface area contributed by atoms with Crippen molar-refractivity contribution in [3.8, 4) is 17.1 Å². The van der Waals surface area contributed by atoms with Crippen LogP contribution in [0, 0.1) is 0 Å². The van der Waals surface area contributed by atoms with Crippen molar-refractivity contribution in [1.29, 1.82) is 0 Å². The van der Waals surface area contributed by atoms with E-state index in [2.05, 4.69) is 20.5 Å². The molecular formula is C16H12BrClN2O. The van der Waals surface area contributed by atoms with E-state index in [0.717, 1.165) is 39.7 Å². The van der Waals surface area contributed by atoms with Crippen molar-refractivity contribution < 1.29 is 5.11 Å². The van der Waals surface area contributed by atoms with Gasteiger partial charge >= 0.3 is 0 Å². The molecule has 3 nitrogen and oxygen atoms in total. The van der Waals surface area contributed by atoms with E-state index in [0.29, 0.717) is 11.1 Å². The number of aromatic hydroxyl groups is 1. The summed E-state index contributed by atoms with van der Waals surface area (Å²) in [4.78, 5) is 4.70. The molecule has 0 spiro atoms. The number of rotatable bonds is 2. The SMILES string of the molecule is Oc1cc(Br)ccc1-c1nc2cccc(Cl)c2n1C1CC1. The lowest BCUT2D eigenvalue weighted by atomic mass is 10.2. The predicted molar refractivity (Wildman–Crippen MR) is 87.8 cm³/mol. The molecule has 5 heteroatoms. The Hall–Kier alpha value is -1.52. The number of nitrogens with zero attached hydrogens (tertiary/aromatic N) is 2. The molecule has 106 valence electrons. The average molecular weight is 364 g/mol. The fourth-order valence-electron chi connectivity index (χ4n) is 2.68. The number of imidazole rings is 1. The van der Waals surface area contributed by atoms with Crippen molar-refractivity contribution in [3.05, 3.63) is 45.9 Å². The van der Waals surface area contributed by atoms with Crippen LogP contribution in [-0.2, 0) is 0 Å². The lowest BCUT2D eigenvalue weighted by Gasteiger charge is -2.10. The highest BCUT2D eigenvalue weighted by molar-refractivity contribution is 9.10. The van der Waals surface area contributed by atoms with Gasteiger partial charge in [0.2, 0.25) is 0 Å². The summed E-state index contributed by atoms with van der Waals surface area (Å²) in [6.45, 7) is 0. The third-order valence-electron chi connectivity index (χ3n) is 3.77. The maximum atomic E-state index is 10.2. The Morgan fingerprint density at radius 2 is 2.05 bits per heavy atom. The van der Waals surface area contributed by atoms with Gasteiger partial charge in [-0.25, -0.2) is 4.98 Å². The molecule has 0 saturated heterocycles. The Balaban J connectivity index is 2.04. The first-order valence-electron chi connectivity index (χ1n) is 6.80.